The van der Waals surface area contributed by atoms with Crippen LogP contribution in [0.15, 0.2) is 46.9 Å². The quantitative estimate of drug-likeness (QED) is 0.566. The summed E-state index contributed by atoms with van der Waals surface area (Å²) in [4.78, 5) is 22.1. The molecule has 0 saturated heterocycles. The molecule has 0 saturated carbocycles. The van der Waals surface area contributed by atoms with Gasteiger partial charge in [-0.15, -0.1) is 0 Å². The van der Waals surface area contributed by atoms with Crippen LogP contribution in [0, 0.1) is 10.1 Å². The highest BCUT2D eigenvalue weighted by molar-refractivity contribution is 9.10. The molecule has 0 heterocycles. The minimum absolute atomic E-state index is 0.0814. The second-order valence-corrected chi connectivity index (χ2v) is 6.32. The highest BCUT2D eigenvalue weighted by atomic mass is 79.9. The molecule has 1 atom stereocenters. The number of nitrogens with zero attached hydrogens (tertiary/aromatic N) is 1. The number of ether oxygens (including phenoxy) is 1. The first kappa shape index (κ1) is 18.2. The number of non-ortho nitro benzene ring substituents is 1. The van der Waals surface area contributed by atoms with E-state index < -0.39 is 4.92 Å². The second-order valence-electron chi connectivity index (χ2n) is 5.00. The van der Waals surface area contributed by atoms with E-state index in [1.807, 2.05) is 31.2 Å². The van der Waals surface area contributed by atoms with Crippen molar-refractivity contribution in [3.05, 3.63) is 67.6 Å². The van der Waals surface area contributed by atoms with Crippen molar-refractivity contribution >= 4 is 39.1 Å². The molecule has 6 nitrogen and oxygen atoms in total. The fourth-order valence-corrected chi connectivity index (χ4v) is 2.48. The van der Waals surface area contributed by atoms with Gasteiger partial charge in [0.2, 0.25) is 0 Å². The van der Waals surface area contributed by atoms with Gasteiger partial charge in [-0.2, -0.15) is 0 Å². The molecule has 126 valence electrons. The normalized spacial score (nSPS) is 11.6. The van der Waals surface area contributed by atoms with E-state index in [0.717, 1.165) is 10.0 Å². The number of nitro benzene ring substituents is 1. The average Bonchev–Trinajstić information content (AvgIpc) is 2.54. The minimum atomic E-state index is -0.553. The van der Waals surface area contributed by atoms with Gasteiger partial charge in [0.25, 0.3) is 11.6 Å². The van der Waals surface area contributed by atoms with Crippen molar-refractivity contribution in [3.8, 4) is 5.75 Å². The molecule has 0 spiro atoms. The van der Waals surface area contributed by atoms with Gasteiger partial charge in [0.1, 0.15) is 5.75 Å². The maximum Gasteiger partial charge on any atom is 0.271 e. The molecular weight excluding hydrogens is 400 g/mol. The summed E-state index contributed by atoms with van der Waals surface area (Å²) >= 11 is 9.26. The Labute approximate surface area is 152 Å². The van der Waals surface area contributed by atoms with Gasteiger partial charge in [0.15, 0.2) is 6.61 Å². The molecule has 8 heteroatoms. The Balaban J connectivity index is 1.91. The smallest absolute Gasteiger partial charge is 0.271 e. The summed E-state index contributed by atoms with van der Waals surface area (Å²) in [6.45, 7) is 1.62. The van der Waals surface area contributed by atoms with Crippen molar-refractivity contribution in [2.45, 2.75) is 13.0 Å². The predicted molar refractivity (Wildman–Crippen MR) is 94.3 cm³/mol. The van der Waals surface area contributed by atoms with Crippen LogP contribution in [0.2, 0.25) is 5.02 Å². The summed E-state index contributed by atoms with van der Waals surface area (Å²) in [5.41, 5.74) is 0.820. The largest absolute Gasteiger partial charge is 0.482 e. The van der Waals surface area contributed by atoms with Gasteiger partial charge in [0, 0.05) is 16.6 Å². The monoisotopic (exact) mass is 412 g/mol. The molecule has 1 N–H and O–H groups in total. The third kappa shape index (κ3) is 4.94. The Morgan fingerprint density at radius 1 is 1.33 bits per heavy atom. The first-order valence-corrected chi connectivity index (χ1v) is 8.15. The third-order valence-corrected chi connectivity index (χ3v) is 4.06. The predicted octanol–water partition coefficient (Wildman–Crippen LogP) is 4.27. The van der Waals surface area contributed by atoms with Crippen LogP contribution in [-0.2, 0) is 4.79 Å². The Kier molecular flexibility index (Phi) is 6.16. The van der Waals surface area contributed by atoms with Crippen molar-refractivity contribution in [2.24, 2.45) is 0 Å². The van der Waals surface area contributed by atoms with Crippen LogP contribution < -0.4 is 10.1 Å². The van der Waals surface area contributed by atoms with Gasteiger partial charge in [-0.1, -0.05) is 39.7 Å². The van der Waals surface area contributed by atoms with E-state index in [1.165, 1.54) is 18.2 Å². The summed E-state index contributed by atoms with van der Waals surface area (Å²) in [5, 5.41) is 13.5. The van der Waals surface area contributed by atoms with Crippen molar-refractivity contribution in [2.75, 3.05) is 6.61 Å². The standard InChI is InChI=1S/C16H14BrClN2O4/c1-10(11-2-4-12(17)5-3-11)19-16(21)9-24-15-7-6-13(20(22)23)8-14(15)18/h2-8,10H,9H2,1H3,(H,19,21)/t10-/m0/s1. The number of amides is 1. The first-order chi connectivity index (χ1) is 11.4. The van der Waals surface area contributed by atoms with Crippen LogP contribution in [0.1, 0.15) is 18.5 Å². The van der Waals surface area contributed by atoms with Gasteiger partial charge < -0.3 is 10.1 Å². The third-order valence-electron chi connectivity index (χ3n) is 3.23. The molecule has 0 fully saturated rings. The van der Waals surface area contributed by atoms with Crippen LogP contribution in [0.5, 0.6) is 5.75 Å². The molecule has 0 aliphatic carbocycles. The van der Waals surface area contributed by atoms with Crippen LogP contribution in [-0.4, -0.2) is 17.4 Å². The fraction of sp³-hybridized carbons (Fsp3) is 0.188. The Hall–Kier alpha value is -2.12. The highest BCUT2D eigenvalue weighted by Crippen LogP contribution is 2.28. The first-order valence-electron chi connectivity index (χ1n) is 6.98. The lowest BCUT2D eigenvalue weighted by atomic mass is 10.1. The number of carbonyl (C=O) groups excluding carboxylic acids is 1. The molecule has 0 aliphatic rings. The van der Waals surface area contributed by atoms with E-state index in [4.69, 9.17) is 16.3 Å². The van der Waals surface area contributed by atoms with Crippen molar-refractivity contribution in [1.82, 2.24) is 5.32 Å². The van der Waals surface area contributed by atoms with E-state index >= 15 is 0 Å². The van der Waals surface area contributed by atoms with E-state index in [-0.39, 0.29) is 35.0 Å². The number of hydrogen-bond acceptors (Lipinski definition) is 4. The summed E-state index contributed by atoms with van der Waals surface area (Å²) < 4.78 is 6.27. The zero-order valence-electron chi connectivity index (χ0n) is 12.7. The van der Waals surface area contributed by atoms with Gasteiger partial charge in [-0.05, 0) is 30.7 Å². The molecule has 0 unspecified atom stereocenters. The number of hydrogen-bond donors (Lipinski definition) is 1. The summed E-state index contributed by atoms with van der Waals surface area (Å²) in [7, 11) is 0. The zero-order chi connectivity index (χ0) is 17.7. The molecule has 0 bridgehead atoms. The number of carbonyl (C=O) groups is 1. The number of halogens is 2. The van der Waals surface area contributed by atoms with Crippen LogP contribution >= 0.6 is 27.5 Å². The average molecular weight is 414 g/mol. The number of nitrogens with one attached hydrogen (secondary N) is 1. The summed E-state index contributed by atoms with van der Waals surface area (Å²) in [6, 6.07) is 11.2. The lowest BCUT2D eigenvalue weighted by Crippen LogP contribution is -2.31. The van der Waals surface area contributed by atoms with E-state index in [9.17, 15) is 14.9 Å². The van der Waals surface area contributed by atoms with E-state index in [2.05, 4.69) is 21.2 Å². The van der Waals surface area contributed by atoms with Gasteiger partial charge in [-0.3, -0.25) is 14.9 Å². The molecule has 1 amide bonds. The number of benzene rings is 2. The van der Waals surface area contributed by atoms with Gasteiger partial charge in [-0.25, -0.2) is 0 Å². The molecule has 24 heavy (non-hydrogen) atoms. The number of nitro groups is 1. The molecule has 0 aliphatic heterocycles. The minimum Gasteiger partial charge on any atom is -0.482 e. The van der Waals surface area contributed by atoms with Gasteiger partial charge >= 0.3 is 0 Å². The molecule has 2 aromatic rings. The maximum atomic E-state index is 12.0. The highest BCUT2D eigenvalue weighted by Gasteiger charge is 2.13. The second kappa shape index (κ2) is 8.12. The molecular formula is C16H14BrClN2O4. The summed E-state index contributed by atoms with van der Waals surface area (Å²) in [6.07, 6.45) is 0. The van der Waals surface area contributed by atoms with Crippen molar-refractivity contribution in [1.29, 1.82) is 0 Å². The van der Waals surface area contributed by atoms with Crippen LogP contribution in [0.3, 0.4) is 0 Å². The Morgan fingerprint density at radius 3 is 2.58 bits per heavy atom. The summed E-state index contributed by atoms with van der Waals surface area (Å²) in [5.74, 6) is -0.103. The Bertz CT molecular complexity index is 752. The van der Waals surface area contributed by atoms with Crippen LogP contribution in [0.25, 0.3) is 0 Å². The van der Waals surface area contributed by atoms with E-state index in [1.54, 1.807) is 0 Å². The Morgan fingerprint density at radius 2 is 2.00 bits per heavy atom. The maximum absolute atomic E-state index is 12.0. The zero-order valence-corrected chi connectivity index (χ0v) is 15.0. The SMILES string of the molecule is C[C@H](NC(=O)COc1ccc([N+](=O)[O-])cc1Cl)c1ccc(Br)cc1. The van der Waals surface area contributed by atoms with Gasteiger partial charge in [0.05, 0.1) is 16.0 Å². The number of rotatable bonds is 6. The topological polar surface area (TPSA) is 81.5 Å². The molecule has 2 rings (SSSR count). The van der Waals surface area contributed by atoms with Crippen molar-refractivity contribution in [3.63, 3.8) is 0 Å². The lowest BCUT2D eigenvalue weighted by Gasteiger charge is -2.15. The van der Waals surface area contributed by atoms with Crippen LogP contribution in [0.4, 0.5) is 5.69 Å². The molecule has 0 aromatic heterocycles. The lowest BCUT2D eigenvalue weighted by molar-refractivity contribution is -0.384. The van der Waals surface area contributed by atoms with E-state index in [0.29, 0.717) is 0 Å². The molecule has 0 radical (unpaired) electrons. The fourth-order valence-electron chi connectivity index (χ4n) is 1.98. The molecule has 2 aromatic carbocycles. The van der Waals surface area contributed by atoms with Crippen molar-refractivity contribution < 1.29 is 14.5 Å².